The molecule has 2 unspecified atom stereocenters. The third kappa shape index (κ3) is 1.58. The molecule has 0 aliphatic heterocycles. The second-order valence-electron chi connectivity index (χ2n) is 5.32. The molecule has 0 saturated heterocycles. The molecule has 82 valence electrons. The van der Waals surface area contributed by atoms with Gasteiger partial charge in [-0.15, -0.1) is 0 Å². The lowest BCUT2D eigenvalue weighted by atomic mass is 9.91. The van der Waals surface area contributed by atoms with Crippen molar-refractivity contribution in [1.29, 1.82) is 0 Å². The number of aryl methyl sites for hydroxylation is 1. The first kappa shape index (κ1) is 10.7. The van der Waals surface area contributed by atoms with Gasteiger partial charge in [0.1, 0.15) is 0 Å². The fraction of sp³-hybridized carbons (Fsp3) is 0.643. The SMILES string of the molecule is Cc1ncc(C(C)C)c2c1C(C)CC2C. The topological polar surface area (TPSA) is 12.9 Å². The average molecular weight is 203 g/mol. The van der Waals surface area contributed by atoms with Crippen molar-refractivity contribution in [2.24, 2.45) is 0 Å². The van der Waals surface area contributed by atoms with Crippen LogP contribution in [0, 0.1) is 6.92 Å². The van der Waals surface area contributed by atoms with Crippen LogP contribution in [0.25, 0.3) is 0 Å². The fourth-order valence-corrected chi connectivity index (χ4v) is 3.05. The minimum Gasteiger partial charge on any atom is -0.261 e. The summed E-state index contributed by atoms with van der Waals surface area (Å²) >= 11 is 0. The Morgan fingerprint density at radius 3 is 2.40 bits per heavy atom. The van der Waals surface area contributed by atoms with E-state index in [0.29, 0.717) is 17.8 Å². The van der Waals surface area contributed by atoms with Crippen molar-refractivity contribution < 1.29 is 0 Å². The molecule has 1 aliphatic rings. The van der Waals surface area contributed by atoms with Crippen LogP contribution in [0.1, 0.15) is 74.3 Å². The molecule has 1 heterocycles. The first-order valence-electron chi connectivity index (χ1n) is 6.01. The van der Waals surface area contributed by atoms with Gasteiger partial charge in [0, 0.05) is 11.9 Å². The van der Waals surface area contributed by atoms with Crippen molar-refractivity contribution in [1.82, 2.24) is 4.98 Å². The van der Waals surface area contributed by atoms with Crippen LogP contribution in [0.5, 0.6) is 0 Å². The molecule has 0 bridgehead atoms. The summed E-state index contributed by atoms with van der Waals surface area (Å²) in [5, 5.41) is 0. The standard InChI is InChI=1S/C14H21N/c1-8(2)12-7-15-11(5)13-9(3)6-10(4)14(12)13/h7-10H,6H2,1-5H3. The molecular weight excluding hydrogens is 182 g/mol. The van der Waals surface area contributed by atoms with E-state index in [1.165, 1.54) is 23.2 Å². The van der Waals surface area contributed by atoms with Crippen molar-refractivity contribution in [3.63, 3.8) is 0 Å². The predicted molar refractivity (Wildman–Crippen MR) is 64.5 cm³/mol. The molecule has 0 amide bonds. The number of nitrogens with zero attached hydrogens (tertiary/aromatic N) is 1. The maximum atomic E-state index is 4.56. The molecule has 0 aromatic carbocycles. The summed E-state index contributed by atoms with van der Waals surface area (Å²) in [5.41, 5.74) is 5.84. The van der Waals surface area contributed by atoms with Gasteiger partial charge >= 0.3 is 0 Å². The van der Waals surface area contributed by atoms with Gasteiger partial charge < -0.3 is 0 Å². The van der Waals surface area contributed by atoms with Gasteiger partial charge in [0.05, 0.1) is 0 Å². The Balaban J connectivity index is 2.64. The summed E-state index contributed by atoms with van der Waals surface area (Å²) in [7, 11) is 0. The molecule has 15 heavy (non-hydrogen) atoms. The zero-order valence-electron chi connectivity index (χ0n) is 10.5. The molecule has 0 spiro atoms. The number of aromatic nitrogens is 1. The van der Waals surface area contributed by atoms with Crippen molar-refractivity contribution in [2.45, 2.75) is 58.8 Å². The number of hydrogen-bond donors (Lipinski definition) is 0. The third-order valence-electron chi connectivity index (χ3n) is 3.70. The van der Waals surface area contributed by atoms with E-state index in [-0.39, 0.29) is 0 Å². The molecule has 2 atom stereocenters. The van der Waals surface area contributed by atoms with E-state index >= 15 is 0 Å². The van der Waals surface area contributed by atoms with Crippen molar-refractivity contribution in [2.75, 3.05) is 0 Å². The zero-order chi connectivity index (χ0) is 11.2. The highest BCUT2D eigenvalue weighted by molar-refractivity contribution is 5.45. The van der Waals surface area contributed by atoms with Gasteiger partial charge in [-0.25, -0.2) is 0 Å². The summed E-state index contributed by atoms with van der Waals surface area (Å²) in [5.74, 6) is 2.01. The highest BCUT2D eigenvalue weighted by Gasteiger charge is 2.30. The molecule has 1 heteroatoms. The Bertz CT molecular complexity index is 379. The molecule has 1 aromatic heterocycles. The molecule has 2 rings (SSSR count). The third-order valence-corrected chi connectivity index (χ3v) is 3.70. The maximum Gasteiger partial charge on any atom is 0.0410 e. The Morgan fingerprint density at radius 1 is 1.20 bits per heavy atom. The normalized spacial score (nSPS) is 24.7. The first-order valence-corrected chi connectivity index (χ1v) is 6.01. The minimum atomic E-state index is 0.597. The second kappa shape index (κ2) is 3.62. The van der Waals surface area contributed by atoms with Crippen LogP contribution in [0.2, 0.25) is 0 Å². The van der Waals surface area contributed by atoms with Gasteiger partial charge in [0.15, 0.2) is 0 Å². The van der Waals surface area contributed by atoms with Gasteiger partial charge in [0.25, 0.3) is 0 Å². The van der Waals surface area contributed by atoms with Crippen LogP contribution in [-0.4, -0.2) is 4.98 Å². The van der Waals surface area contributed by atoms with Crippen LogP contribution in [-0.2, 0) is 0 Å². The summed E-state index contributed by atoms with van der Waals surface area (Å²) in [6.45, 7) is 11.4. The molecule has 0 fully saturated rings. The highest BCUT2D eigenvalue weighted by atomic mass is 14.7. The van der Waals surface area contributed by atoms with E-state index in [1.807, 2.05) is 0 Å². The summed E-state index contributed by atoms with van der Waals surface area (Å²) < 4.78 is 0. The highest BCUT2D eigenvalue weighted by Crippen LogP contribution is 2.45. The lowest BCUT2D eigenvalue weighted by Gasteiger charge is -2.16. The largest absolute Gasteiger partial charge is 0.261 e. The number of fused-ring (bicyclic) bond motifs is 1. The van der Waals surface area contributed by atoms with Crippen molar-refractivity contribution in [3.8, 4) is 0 Å². The van der Waals surface area contributed by atoms with Gasteiger partial charge in [-0.1, -0.05) is 27.7 Å². The average Bonchev–Trinajstić information content (AvgIpc) is 2.43. The quantitative estimate of drug-likeness (QED) is 0.669. The Hall–Kier alpha value is -0.850. The van der Waals surface area contributed by atoms with Crippen LogP contribution < -0.4 is 0 Å². The second-order valence-corrected chi connectivity index (χ2v) is 5.32. The van der Waals surface area contributed by atoms with Crippen LogP contribution in [0.4, 0.5) is 0 Å². The Labute approximate surface area is 92.9 Å². The van der Waals surface area contributed by atoms with E-state index in [2.05, 4.69) is 45.8 Å². The van der Waals surface area contributed by atoms with Gasteiger partial charge in [0.2, 0.25) is 0 Å². The molecule has 1 aromatic rings. The maximum absolute atomic E-state index is 4.56. The Morgan fingerprint density at radius 2 is 1.80 bits per heavy atom. The van der Waals surface area contributed by atoms with Crippen LogP contribution >= 0.6 is 0 Å². The van der Waals surface area contributed by atoms with E-state index < -0.39 is 0 Å². The van der Waals surface area contributed by atoms with Crippen molar-refractivity contribution >= 4 is 0 Å². The summed E-state index contributed by atoms with van der Waals surface area (Å²) in [6, 6.07) is 0. The van der Waals surface area contributed by atoms with Gasteiger partial charge in [-0.3, -0.25) is 4.98 Å². The van der Waals surface area contributed by atoms with E-state index in [4.69, 9.17) is 0 Å². The lowest BCUT2D eigenvalue weighted by molar-refractivity contribution is 0.655. The summed E-state index contributed by atoms with van der Waals surface area (Å²) in [4.78, 5) is 4.56. The van der Waals surface area contributed by atoms with Crippen LogP contribution in [0.3, 0.4) is 0 Å². The lowest BCUT2D eigenvalue weighted by Crippen LogP contribution is -2.02. The number of rotatable bonds is 1. The van der Waals surface area contributed by atoms with Gasteiger partial charge in [-0.05, 0) is 47.8 Å². The molecule has 1 aliphatic carbocycles. The van der Waals surface area contributed by atoms with E-state index in [9.17, 15) is 0 Å². The minimum absolute atomic E-state index is 0.597. The van der Waals surface area contributed by atoms with E-state index in [0.717, 1.165) is 0 Å². The van der Waals surface area contributed by atoms with E-state index in [1.54, 1.807) is 5.56 Å². The molecule has 0 radical (unpaired) electrons. The van der Waals surface area contributed by atoms with Gasteiger partial charge in [-0.2, -0.15) is 0 Å². The fourth-order valence-electron chi connectivity index (χ4n) is 3.05. The molecule has 0 saturated carbocycles. The first-order chi connectivity index (χ1) is 7.02. The Kier molecular flexibility index (Phi) is 2.57. The summed E-state index contributed by atoms with van der Waals surface area (Å²) in [6.07, 6.45) is 3.38. The smallest absolute Gasteiger partial charge is 0.0410 e. The predicted octanol–water partition coefficient (Wildman–Crippen LogP) is 4.12. The monoisotopic (exact) mass is 203 g/mol. The molecule has 0 N–H and O–H groups in total. The zero-order valence-corrected chi connectivity index (χ0v) is 10.5. The van der Waals surface area contributed by atoms with Crippen LogP contribution in [0.15, 0.2) is 6.20 Å². The molecule has 1 nitrogen and oxygen atoms in total. The molecular formula is C14H21N. The number of pyridine rings is 1. The van der Waals surface area contributed by atoms with Crippen molar-refractivity contribution in [3.05, 3.63) is 28.6 Å². The number of hydrogen-bond acceptors (Lipinski definition) is 1.